The SMILES string of the molecule is CC(C)(C)C(N)C(=O)N1CC(c2cc(Cl)ccc2F)=C[C@H]1c1cccc(O)c1. The standard InChI is InChI=1S/C22H24ClFN2O2/c1-22(2,3)20(25)21(28)26-12-14(17-11-15(23)7-8-18(17)24)10-19(26)13-5-4-6-16(27)9-13/h4-11,19-20,27H,12,25H2,1-3H3/t19-,20?/m0/s1. The van der Waals surface area contributed by atoms with E-state index in [1.165, 1.54) is 12.1 Å². The fourth-order valence-electron chi connectivity index (χ4n) is 3.28. The van der Waals surface area contributed by atoms with Gasteiger partial charge in [0.05, 0.1) is 12.1 Å². The van der Waals surface area contributed by atoms with Crippen LogP contribution in [0.5, 0.6) is 5.75 Å². The van der Waals surface area contributed by atoms with Crippen molar-refractivity contribution in [3.8, 4) is 5.75 Å². The van der Waals surface area contributed by atoms with E-state index in [2.05, 4.69) is 0 Å². The molecule has 2 aromatic carbocycles. The van der Waals surface area contributed by atoms with Crippen LogP contribution in [0.15, 0.2) is 48.5 Å². The van der Waals surface area contributed by atoms with E-state index in [0.29, 0.717) is 16.2 Å². The zero-order chi connectivity index (χ0) is 20.6. The molecule has 3 N–H and O–H groups in total. The molecule has 0 aromatic heterocycles. The molecule has 0 aliphatic carbocycles. The van der Waals surface area contributed by atoms with Gasteiger partial charge in [0.1, 0.15) is 11.6 Å². The summed E-state index contributed by atoms with van der Waals surface area (Å²) in [5, 5.41) is 10.3. The highest BCUT2D eigenvalue weighted by Gasteiger charge is 2.38. The minimum Gasteiger partial charge on any atom is -0.508 e. The van der Waals surface area contributed by atoms with Crippen LogP contribution >= 0.6 is 11.6 Å². The lowest BCUT2D eigenvalue weighted by Gasteiger charge is -2.33. The van der Waals surface area contributed by atoms with Crippen molar-refractivity contribution in [2.75, 3.05) is 6.54 Å². The third-order valence-corrected chi connectivity index (χ3v) is 5.24. The molecule has 2 aromatic rings. The lowest BCUT2D eigenvalue weighted by Crippen LogP contribution is -2.50. The second kappa shape index (κ2) is 7.57. The Kier molecular flexibility index (Phi) is 5.50. The number of aromatic hydroxyl groups is 1. The third kappa shape index (κ3) is 4.05. The van der Waals surface area contributed by atoms with Crippen LogP contribution in [0.1, 0.15) is 37.9 Å². The molecular weight excluding hydrogens is 379 g/mol. The molecule has 1 aliphatic rings. The van der Waals surface area contributed by atoms with E-state index < -0.39 is 23.3 Å². The van der Waals surface area contributed by atoms with Gasteiger partial charge in [0.2, 0.25) is 5.91 Å². The van der Waals surface area contributed by atoms with E-state index in [9.17, 15) is 14.3 Å². The quantitative estimate of drug-likeness (QED) is 0.792. The van der Waals surface area contributed by atoms with Gasteiger partial charge in [0.15, 0.2) is 0 Å². The molecule has 0 bridgehead atoms. The predicted octanol–water partition coefficient (Wildman–Crippen LogP) is 4.53. The Morgan fingerprint density at radius 3 is 2.64 bits per heavy atom. The summed E-state index contributed by atoms with van der Waals surface area (Å²) >= 11 is 6.05. The smallest absolute Gasteiger partial charge is 0.241 e. The first-order valence-electron chi connectivity index (χ1n) is 9.09. The Hall–Kier alpha value is -2.37. The second-order valence-electron chi connectivity index (χ2n) is 8.17. The highest BCUT2D eigenvalue weighted by atomic mass is 35.5. The average Bonchev–Trinajstić information content (AvgIpc) is 3.07. The predicted molar refractivity (Wildman–Crippen MR) is 109 cm³/mol. The molecule has 0 saturated carbocycles. The number of halogens is 2. The van der Waals surface area contributed by atoms with E-state index in [0.717, 1.165) is 5.56 Å². The van der Waals surface area contributed by atoms with Crippen LogP contribution in [-0.2, 0) is 4.79 Å². The van der Waals surface area contributed by atoms with Crippen molar-refractivity contribution in [1.82, 2.24) is 4.90 Å². The number of carbonyl (C=O) groups excluding carboxylic acids is 1. The van der Waals surface area contributed by atoms with Gasteiger partial charge in [0.25, 0.3) is 0 Å². The van der Waals surface area contributed by atoms with Crippen molar-refractivity contribution in [2.24, 2.45) is 11.1 Å². The molecule has 2 atom stereocenters. The zero-order valence-electron chi connectivity index (χ0n) is 16.1. The summed E-state index contributed by atoms with van der Waals surface area (Å²) in [5.41, 5.74) is 7.54. The van der Waals surface area contributed by atoms with E-state index in [-0.39, 0.29) is 18.2 Å². The number of carbonyl (C=O) groups is 1. The molecule has 1 heterocycles. The van der Waals surface area contributed by atoms with Crippen LogP contribution in [0.3, 0.4) is 0 Å². The van der Waals surface area contributed by atoms with Crippen molar-refractivity contribution in [3.05, 3.63) is 70.5 Å². The van der Waals surface area contributed by atoms with Crippen molar-refractivity contribution in [3.63, 3.8) is 0 Å². The number of nitrogens with two attached hydrogens (primary N) is 1. The second-order valence-corrected chi connectivity index (χ2v) is 8.60. The molecule has 6 heteroatoms. The maximum absolute atomic E-state index is 14.4. The number of benzene rings is 2. The van der Waals surface area contributed by atoms with Crippen LogP contribution < -0.4 is 5.73 Å². The van der Waals surface area contributed by atoms with E-state index in [1.54, 1.807) is 29.2 Å². The summed E-state index contributed by atoms with van der Waals surface area (Å²) in [6, 6.07) is 9.87. The van der Waals surface area contributed by atoms with Gasteiger partial charge in [-0.1, -0.05) is 50.6 Å². The molecule has 0 saturated heterocycles. The fourth-order valence-corrected chi connectivity index (χ4v) is 3.45. The number of rotatable bonds is 3. The number of phenols is 1. The third-order valence-electron chi connectivity index (χ3n) is 5.00. The van der Waals surface area contributed by atoms with Crippen molar-refractivity contribution in [1.29, 1.82) is 0 Å². The van der Waals surface area contributed by atoms with Gasteiger partial charge in [-0.15, -0.1) is 0 Å². The van der Waals surface area contributed by atoms with Gasteiger partial charge in [-0.25, -0.2) is 4.39 Å². The van der Waals surface area contributed by atoms with E-state index in [4.69, 9.17) is 17.3 Å². The number of phenolic OH excluding ortho intramolecular Hbond substituents is 1. The Morgan fingerprint density at radius 1 is 1.29 bits per heavy atom. The summed E-state index contributed by atoms with van der Waals surface area (Å²) < 4.78 is 14.4. The number of hydrogen-bond acceptors (Lipinski definition) is 3. The van der Waals surface area contributed by atoms with Crippen molar-refractivity contribution < 1.29 is 14.3 Å². The van der Waals surface area contributed by atoms with Gasteiger partial charge in [-0.3, -0.25) is 4.79 Å². The Labute approximate surface area is 169 Å². The first kappa shape index (κ1) is 20.4. The highest BCUT2D eigenvalue weighted by molar-refractivity contribution is 6.30. The summed E-state index contributed by atoms with van der Waals surface area (Å²) in [6.07, 6.45) is 1.83. The topological polar surface area (TPSA) is 66.6 Å². The minimum atomic E-state index is -0.718. The van der Waals surface area contributed by atoms with Gasteiger partial charge < -0.3 is 15.7 Å². The molecule has 0 radical (unpaired) electrons. The molecule has 4 nitrogen and oxygen atoms in total. The van der Waals surface area contributed by atoms with Crippen LogP contribution in [0.2, 0.25) is 5.02 Å². The first-order chi connectivity index (χ1) is 13.1. The molecule has 1 amide bonds. The van der Waals surface area contributed by atoms with Gasteiger partial charge >= 0.3 is 0 Å². The number of nitrogens with zero attached hydrogens (tertiary/aromatic N) is 1. The Balaban J connectivity index is 2.05. The summed E-state index contributed by atoms with van der Waals surface area (Å²) in [7, 11) is 0. The van der Waals surface area contributed by atoms with Gasteiger partial charge in [-0.05, 0) is 46.9 Å². The van der Waals surface area contributed by atoms with Crippen molar-refractivity contribution in [2.45, 2.75) is 32.9 Å². The molecule has 0 spiro atoms. The molecule has 1 unspecified atom stereocenters. The van der Waals surface area contributed by atoms with E-state index in [1.807, 2.05) is 32.9 Å². The number of hydrogen-bond donors (Lipinski definition) is 2. The lowest BCUT2D eigenvalue weighted by molar-refractivity contribution is -0.135. The van der Waals surface area contributed by atoms with Crippen LogP contribution in [0, 0.1) is 11.2 Å². The summed E-state index contributed by atoms with van der Waals surface area (Å²) in [6.45, 7) is 5.92. The Morgan fingerprint density at radius 2 is 2.00 bits per heavy atom. The zero-order valence-corrected chi connectivity index (χ0v) is 16.9. The average molecular weight is 403 g/mol. The lowest BCUT2D eigenvalue weighted by atomic mass is 9.86. The Bertz CT molecular complexity index is 936. The fraction of sp³-hybridized carbons (Fsp3) is 0.318. The monoisotopic (exact) mass is 402 g/mol. The molecule has 148 valence electrons. The normalized spacial score (nSPS) is 18.1. The van der Waals surface area contributed by atoms with E-state index >= 15 is 0 Å². The first-order valence-corrected chi connectivity index (χ1v) is 9.47. The van der Waals surface area contributed by atoms with Crippen molar-refractivity contribution >= 4 is 23.1 Å². The number of amides is 1. The highest BCUT2D eigenvalue weighted by Crippen LogP contribution is 2.38. The summed E-state index contributed by atoms with van der Waals surface area (Å²) in [5.74, 6) is -0.532. The molecule has 1 aliphatic heterocycles. The van der Waals surface area contributed by atoms with Gasteiger partial charge in [-0.2, -0.15) is 0 Å². The molecule has 28 heavy (non-hydrogen) atoms. The largest absolute Gasteiger partial charge is 0.508 e. The molecular formula is C22H24ClFN2O2. The molecule has 3 rings (SSSR count). The summed E-state index contributed by atoms with van der Waals surface area (Å²) in [4.78, 5) is 14.8. The van der Waals surface area contributed by atoms with Gasteiger partial charge in [0, 0.05) is 17.1 Å². The maximum atomic E-state index is 14.4. The van der Waals surface area contributed by atoms with Crippen LogP contribution in [0.4, 0.5) is 4.39 Å². The minimum absolute atomic E-state index is 0.0980. The van der Waals surface area contributed by atoms with Crippen LogP contribution in [0.25, 0.3) is 5.57 Å². The van der Waals surface area contributed by atoms with Crippen LogP contribution in [-0.4, -0.2) is 28.5 Å². The maximum Gasteiger partial charge on any atom is 0.241 e. The molecule has 0 fully saturated rings.